The second kappa shape index (κ2) is 7.98. The highest BCUT2D eigenvalue weighted by atomic mass is 19.4. The fraction of sp³-hybridized carbons (Fsp3) is 0.250. The number of alkyl halides is 3. The molecule has 2 rings (SSSR count). The molecule has 2 aromatic rings. The number of nitrogens with zero attached hydrogens (tertiary/aromatic N) is 1. The zero-order valence-electron chi connectivity index (χ0n) is 13.3. The van der Waals surface area contributed by atoms with Gasteiger partial charge in [0, 0.05) is 12.1 Å². The molecule has 0 amide bonds. The Kier molecular flexibility index (Phi) is 5.96. The largest absolute Gasteiger partial charge is 0.462 e. The van der Waals surface area contributed by atoms with Gasteiger partial charge in [-0.25, -0.2) is 24.0 Å². The number of hydrogen-bond acceptors (Lipinski definition) is 5. The molecular formula is C16H13F5N2O3. The van der Waals surface area contributed by atoms with Crippen LogP contribution in [0, 0.1) is 11.6 Å². The van der Waals surface area contributed by atoms with Gasteiger partial charge in [0.15, 0.2) is 11.9 Å². The van der Waals surface area contributed by atoms with E-state index in [9.17, 15) is 26.7 Å². The van der Waals surface area contributed by atoms with Crippen molar-refractivity contribution in [2.75, 3.05) is 5.48 Å². The second-order valence-electron chi connectivity index (χ2n) is 5.02. The Bertz CT molecular complexity index is 783. The van der Waals surface area contributed by atoms with Crippen LogP contribution in [-0.4, -0.2) is 17.1 Å². The Balaban J connectivity index is 2.02. The molecule has 1 unspecified atom stereocenters. The minimum Gasteiger partial charge on any atom is -0.462 e. The highest BCUT2D eigenvalue weighted by Crippen LogP contribution is 2.29. The summed E-state index contributed by atoms with van der Waals surface area (Å²) in [5, 5.41) is 0. The van der Waals surface area contributed by atoms with E-state index in [4.69, 9.17) is 4.74 Å². The van der Waals surface area contributed by atoms with E-state index in [1.54, 1.807) is 0 Å². The Labute approximate surface area is 144 Å². The maximum Gasteiger partial charge on any atom is 0.433 e. The van der Waals surface area contributed by atoms with Crippen molar-refractivity contribution in [3.63, 3.8) is 0 Å². The van der Waals surface area contributed by atoms with Gasteiger partial charge in [-0.1, -0.05) is 13.0 Å². The molecule has 0 aliphatic rings. The van der Waals surface area contributed by atoms with Crippen molar-refractivity contribution in [3.05, 3.63) is 53.7 Å². The molecule has 0 aliphatic heterocycles. The summed E-state index contributed by atoms with van der Waals surface area (Å²) in [6.07, 6.45) is -5.91. The minimum atomic E-state index is -4.66. The van der Waals surface area contributed by atoms with E-state index in [2.05, 4.69) is 9.82 Å². The highest BCUT2D eigenvalue weighted by molar-refractivity contribution is 5.75. The van der Waals surface area contributed by atoms with E-state index < -0.39 is 41.5 Å². The van der Waals surface area contributed by atoms with Crippen LogP contribution in [0.25, 0.3) is 0 Å². The summed E-state index contributed by atoms with van der Waals surface area (Å²) in [6.45, 7) is 1.53. The number of benzene rings is 1. The van der Waals surface area contributed by atoms with Gasteiger partial charge in [0.1, 0.15) is 17.2 Å². The molecule has 0 saturated heterocycles. The van der Waals surface area contributed by atoms with Gasteiger partial charge < -0.3 is 9.57 Å². The molecule has 5 nitrogen and oxygen atoms in total. The number of rotatable bonds is 6. The van der Waals surface area contributed by atoms with E-state index in [1.807, 2.05) is 5.48 Å². The van der Waals surface area contributed by atoms with Crippen LogP contribution >= 0.6 is 0 Å². The first-order chi connectivity index (χ1) is 12.2. The summed E-state index contributed by atoms with van der Waals surface area (Å²) in [6, 6.07) is 5.52. The molecule has 0 saturated carbocycles. The topological polar surface area (TPSA) is 60.5 Å². The molecule has 0 bridgehead atoms. The fourth-order valence-corrected chi connectivity index (χ4v) is 1.83. The Hall–Kier alpha value is -2.91. The maximum atomic E-state index is 13.4. The number of carbonyl (C=O) groups excluding carboxylic acids is 1. The van der Waals surface area contributed by atoms with Crippen molar-refractivity contribution in [2.45, 2.75) is 25.6 Å². The molecule has 26 heavy (non-hydrogen) atoms. The molecule has 0 fully saturated rings. The molecule has 10 heteroatoms. The smallest absolute Gasteiger partial charge is 0.433 e. The van der Waals surface area contributed by atoms with E-state index in [0.29, 0.717) is 6.07 Å². The van der Waals surface area contributed by atoms with Gasteiger partial charge >= 0.3 is 12.1 Å². The van der Waals surface area contributed by atoms with Crippen LogP contribution in [0.15, 0.2) is 36.4 Å². The molecule has 140 valence electrons. The van der Waals surface area contributed by atoms with Crippen LogP contribution in [0.5, 0.6) is 5.88 Å². The highest BCUT2D eigenvalue weighted by Gasteiger charge is 2.33. The lowest BCUT2D eigenvalue weighted by Gasteiger charge is -2.17. The van der Waals surface area contributed by atoms with Crippen molar-refractivity contribution in [3.8, 4) is 5.88 Å². The number of ether oxygens (including phenoxy) is 1. The number of nitrogens with one attached hydrogen (secondary N) is 1. The maximum absolute atomic E-state index is 13.4. The third-order valence-corrected chi connectivity index (χ3v) is 3.10. The van der Waals surface area contributed by atoms with Crippen molar-refractivity contribution in [2.24, 2.45) is 0 Å². The standard InChI is InChI=1S/C16H13F5N2O3/c1-2-12(25-14-5-3-4-13(22-14)16(19,20)21)15(24)26-23-11-7-6-9(17)8-10(11)18/h3-8,12,23H,2H2,1H3. The third kappa shape index (κ3) is 5.04. The van der Waals surface area contributed by atoms with Gasteiger partial charge in [0.25, 0.3) is 0 Å². The van der Waals surface area contributed by atoms with Gasteiger partial charge in [-0.15, -0.1) is 0 Å². The summed E-state index contributed by atoms with van der Waals surface area (Å²) in [5.41, 5.74) is 0.529. The minimum absolute atomic E-state index is 0.0460. The quantitative estimate of drug-likeness (QED) is 0.608. The first-order valence-corrected chi connectivity index (χ1v) is 7.33. The van der Waals surface area contributed by atoms with Crippen LogP contribution in [-0.2, 0) is 15.8 Å². The number of halogens is 5. The Morgan fingerprint density at radius 1 is 1.23 bits per heavy atom. The number of pyridine rings is 1. The summed E-state index contributed by atoms with van der Waals surface area (Å²) < 4.78 is 69.3. The van der Waals surface area contributed by atoms with Crippen LogP contribution in [0.3, 0.4) is 0 Å². The average Bonchev–Trinajstić information content (AvgIpc) is 2.58. The first kappa shape index (κ1) is 19.4. The number of aromatic nitrogens is 1. The lowest BCUT2D eigenvalue weighted by Crippen LogP contribution is -2.31. The summed E-state index contributed by atoms with van der Waals surface area (Å²) in [7, 11) is 0. The fourth-order valence-electron chi connectivity index (χ4n) is 1.83. The van der Waals surface area contributed by atoms with Crippen molar-refractivity contribution < 1.29 is 36.3 Å². The SMILES string of the molecule is CCC(Oc1cccc(C(F)(F)F)n1)C(=O)ONc1ccc(F)cc1F. The number of hydrogen-bond donors (Lipinski definition) is 1. The van der Waals surface area contributed by atoms with E-state index in [0.717, 1.165) is 30.3 Å². The zero-order valence-corrected chi connectivity index (χ0v) is 13.3. The van der Waals surface area contributed by atoms with Gasteiger partial charge in [0.05, 0.1) is 0 Å². The molecule has 1 atom stereocenters. The van der Waals surface area contributed by atoms with Gasteiger partial charge in [-0.05, 0) is 24.6 Å². The molecule has 0 spiro atoms. The normalized spacial score (nSPS) is 12.4. The van der Waals surface area contributed by atoms with Crippen LogP contribution < -0.4 is 10.2 Å². The van der Waals surface area contributed by atoms with Gasteiger partial charge in [-0.2, -0.15) is 13.2 Å². The molecule has 1 aromatic heterocycles. The van der Waals surface area contributed by atoms with E-state index in [-0.39, 0.29) is 12.1 Å². The Morgan fingerprint density at radius 2 is 1.96 bits per heavy atom. The molecule has 1 aromatic carbocycles. The predicted octanol–water partition coefficient (Wildman–Crippen LogP) is 4.11. The molecular weight excluding hydrogens is 363 g/mol. The van der Waals surface area contributed by atoms with Crippen LogP contribution in [0.4, 0.5) is 27.6 Å². The van der Waals surface area contributed by atoms with Crippen molar-refractivity contribution in [1.82, 2.24) is 4.98 Å². The zero-order chi connectivity index (χ0) is 19.3. The number of carbonyl (C=O) groups is 1. The monoisotopic (exact) mass is 376 g/mol. The second-order valence-corrected chi connectivity index (χ2v) is 5.02. The lowest BCUT2D eigenvalue weighted by molar-refractivity contribution is -0.149. The van der Waals surface area contributed by atoms with E-state index >= 15 is 0 Å². The van der Waals surface area contributed by atoms with Gasteiger partial charge in [-0.3, -0.25) is 0 Å². The van der Waals surface area contributed by atoms with Gasteiger partial charge in [0.2, 0.25) is 5.88 Å². The molecule has 0 radical (unpaired) electrons. The van der Waals surface area contributed by atoms with Crippen molar-refractivity contribution in [1.29, 1.82) is 0 Å². The molecule has 1 heterocycles. The van der Waals surface area contributed by atoms with E-state index in [1.165, 1.54) is 6.92 Å². The first-order valence-electron chi connectivity index (χ1n) is 7.33. The summed E-state index contributed by atoms with van der Waals surface area (Å²) in [4.78, 5) is 19.9. The molecule has 1 N–H and O–H groups in total. The predicted molar refractivity (Wildman–Crippen MR) is 80.0 cm³/mol. The lowest BCUT2D eigenvalue weighted by atomic mass is 10.3. The average molecular weight is 376 g/mol. The van der Waals surface area contributed by atoms with Crippen LogP contribution in [0.1, 0.15) is 19.0 Å². The summed E-state index contributed by atoms with van der Waals surface area (Å²) >= 11 is 0. The summed E-state index contributed by atoms with van der Waals surface area (Å²) in [5.74, 6) is -3.25. The van der Waals surface area contributed by atoms with Crippen molar-refractivity contribution >= 4 is 11.7 Å². The van der Waals surface area contributed by atoms with Crippen LogP contribution in [0.2, 0.25) is 0 Å². The number of anilines is 1. The third-order valence-electron chi connectivity index (χ3n) is 3.10. The molecule has 0 aliphatic carbocycles. The Morgan fingerprint density at radius 3 is 2.58 bits per heavy atom.